The van der Waals surface area contributed by atoms with Crippen molar-refractivity contribution in [3.8, 4) is 5.75 Å². The molecule has 0 aliphatic heterocycles. The molecule has 0 amide bonds. The van der Waals surface area contributed by atoms with Crippen molar-refractivity contribution < 1.29 is 22.4 Å². The van der Waals surface area contributed by atoms with E-state index in [2.05, 4.69) is 20.8 Å². The highest BCUT2D eigenvalue weighted by Gasteiger charge is 2.30. The maximum Gasteiger partial charge on any atom is 0.416 e. The van der Waals surface area contributed by atoms with E-state index in [4.69, 9.17) is 9.26 Å². The molecule has 1 heterocycles. The van der Waals surface area contributed by atoms with Crippen molar-refractivity contribution in [2.75, 3.05) is 20.2 Å². The maximum absolute atomic E-state index is 12.5. The van der Waals surface area contributed by atoms with Crippen LogP contribution in [0.3, 0.4) is 0 Å². The van der Waals surface area contributed by atoms with Gasteiger partial charge in [0, 0.05) is 25.6 Å². The number of rotatable bonds is 8. The second kappa shape index (κ2) is 11.9. The maximum atomic E-state index is 12.5. The average molecular weight is 526 g/mol. The van der Waals surface area contributed by atoms with Crippen LogP contribution in [0.1, 0.15) is 36.4 Å². The van der Waals surface area contributed by atoms with Crippen molar-refractivity contribution in [2.45, 2.75) is 39.4 Å². The lowest BCUT2D eigenvalue weighted by Gasteiger charge is -2.13. The van der Waals surface area contributed by atoms with Crippen LogP contribution in [0.25, 0.3) is 0 Å². The highest BCUT2D eigenvalue weighted by molar-refractivity contribution is 14.0. The van der Waals surface area contributed by atoms with Gasteiger partial charge in [-0.1, -0.05) is 19.0 Å². The number of hydrogen-bond donors (Lipinski definition) is 2. The summed E-state index contributed by atoms with van der Waals surface area (Å²) < 4.78 is 48.4. The van der Waals surface area contributed by atoms with Crippen molar-refractivity contribution in [1.29, 1.82) is 0 Å². The average Bonchev–Trinajstić information content (AvgIpc) is 3.09. The molecular weight excluding hydrogens is 500 g/mol. The summed E-state index contributed by atoms with van der Waals surface area (Å²) in [6, 6.07) is 4.61. The second-order valence-corrected chi connectivity index (χ2v) is 5.96. The molecule has 0 atom stereocenters. The van der Waals surface area contributed by atoms with Gasteiger partial charge in [0.15, 0.2) is 5.96 Å². The number of nitrogens with zero attached hydrogens (tertiary/aromatic N) is 2. The molecular formula is C19H26F3IN4O2. The lowest BCUT2D eigenvalue weighted by atomic mass is 10.1. The number of nitrogens with one attached hydrogen (secondary N) is 2. The molecule has 2 aromatic rings. The Bertz CT molecular complexity index is 755. The second-order valence-electron chi connectivity index (χ2n) is 5.96. The molecule has 0 fully saturated rings. The van der Waals surface area contributed by atoms with E-state index in [0.29, 0.717) is 24.8 Å². The van der Waals surface area contributed by atoms with Crippen LogP contribution >= 0.6 is 24.0 Å². The standard InChI is InChI=1S/C19H25F3N4O2.HI/c1-4-16-15(17(5-2)28-26-16)12-25-18(23-3)24-10-11-27-14-8-6-13(7-9-14)19(20,21)22;/h6-9H,4-5,10-12H2,1-3H3,(H2,23,24,25);1H. The van der Waals surface area contributed by atoms with Gasteiger partial charge in [-0.05, 0) is 30.7 Å². The summed E-state index contributed by atoms with van der Waals surface area (Å²) >= 11 is 0. The van der Waals surface area contributed by atoms with Gasteiger partial charge in [-0.3, -0.25) is 4.99 Å². The molecule has 0 saturated heterocycles. The Labute approximate surface area is 185 Å². The van der Waals surface area contributed by atoms with Crippen LogP contribution in [0.5, 0.6) is 5.75 Å². The summed E-state index contributed by atoms with van der Waals surface area (Å²) in [4.78, 5) is 4.14. The first-order chi connectivity index (χ1) is 13.4. The lowest BCUT2D eigenvalue weighted by Crippen LogP contribution is -2.39. The van der Waals surface area contributed by atoms with Gasteiger partial charge in [0.25, 0.3) is 0 Å². The molecule has 10 heteroatoms. The zero-order chi connectivity index (χ0) is 20.6. The topological polar surface area (TPSA) is 71.7 Å². The number of benzene rings is 1. The Hall–Kier alpha value is -1.98. The van der Waals surface area contributed by atoms with Crippen LogP contribution in [0.15, 0.2) is 33.8 Å². The Morgan fingerprint density at radius 3 is 2.38 bits per heavy atom. The van der Waals surface area contributed by atoms with Crippen LogP contribution in [0.2, 0.25) is 0 Å². The highest BCUT2D eigenvalue weighted by Crippen LogP contribution is 2.30. The number of halogens is 4. The summed E-state index contributed by atoms with van der Waals surface area (Å²) in [6.45, 7) is 5.28. The zero-order valence-electron chi connectivity index (χ0n) is 16.6. The third-order valence-electron chi connectivity index (χ3n) is 4.11. The Kier molecular flexibility index (Phi) is 10.3. The number of aliphatic imine (C=N–C) groups is 1. The number of hydrogen-bond acceptors (Lipinski definition) is 4. The predicted molar refractivity (Wildman–Crippen MR) is 116 cm³/mol. The van der Waals surface area contributed by atoms with Crippen molar-refractivity contribution in [1.82, 2.24) is 15.8 Å². The summed E-state index contributed by atoms with van der Waals surface area (Å²) in [5, 5.41) is 10.4. The van der Waals surface area contributed by atoms with Crippen molar-refractivity contribution in [2.24, 2.45) is 4.99 Å². The fourth-order valence-electron chi connectivity index (χ4n) is 2.61. The molecule has 0 saturated carbocycles. The zero-order valence-corrected chi connectivity index (χ0v) is 18.9. The van der Waals surface area contributed by atoms with Crippen molar-refractivity contribution in [3.05, 3.63) is 46.8 Å². The molecule has 6 nitrogen and oxygen atoms in total. The summed E-state index contributed by atoms with van der Waals surface area (Å²) in [6.07, 6.45) is -2.80. The number of alkyl halides is 3. The molecule has 0 spiro atoms. The van der Waals surface area contributed by atoms with Crippen LogP contribution in [0.4, 0.5) is 13.2 Å². The molecule has 1 aromatic heterocycles. The monoisotopic (exact) mass is 526 g/mol. The Morgan fingerprint density at radius 1 is 1.14 bits per heavy atom. The molecule has 29 heavy (non-hydrogen) atoms. The first-order valence-corrected chi connectivity index (χ1v) is 9.09. The predicted octanol–water partition coefficient (Wildman–Crippen LogP) is 4.18. The van der Waals surface area contributed by atoms with Crippen molar-refractivity contribution in [3.63, 3.8) is 0 Å². The summed E-state index contributed by atoms with van der Waals surface area (Å²) in [7, 11) is 1.65. The number of guanidine groups is 1. The third-order valence-corrected chi connectivity index (χ3v) is 4.11. The van der Waals surface area contributed by atoms with E-state index in [9.17, 15) is 13.2 Å². The lowest BCUT2D eigenvalue weighted by molar-refractivity contribution is -0.137. The largest absolute Gasteiger partial charge is 0.492 e. The van der Waals surface area contributed by atoms with E-state index in [0.717, 1.165) is 42.0 Å². The first-order valence-electron chi connectivity index (χ1n) is 9.09. The number of aryl methyl sites for hydroxylation is 2. The molecule has 0 aliphatic carbocycles. The van der Waals surface area contributed by atoms with Crippen LogP contribution in [-0.4, -0.2) is 31.3 Å². The molecule has 0 radical (unpaired) electrons. The van der Waals surface area contributed by atoms with Gasteiger partial charge in [0.1, 0.15) is 18.1 Å². The van der Waals surface area contributed by atoms with Gasteiger partial charge in [-0.15, -0.1) is 24.0 Å². The minimum absolute atomic E-state index is 0. The first kappa shape index (κ1) is 25.1. The molecule has 0 bridgehead atoms. The molecule has 0 unspecified atom stereocenters. The summed E-state index contributed by atoms with van der Waals surface area (Å²) in [5.41, 5.74) is 1.26. The van der Waals surface area contributed by atoms with Crippen LogP contribution < -0.4 is 15.4 Å². The van der Waals surface area contributed by atoms with E-state index in [1.54, 1.807) is 7.05 Å². The summed E-state index contributed by atoms with van der Waals surface area (Å²) in [5.74, 6) is 1.81. The van der Waals surface area contributed by atoms with Gasteiger partial charge >= 0.3 is 6.18 Å². The quantitative estimate of drug-likeness (QED) is 0.234. The minimum Gasteiger partial charge on any atom is -0.492 e. The minimum atomic E-state index is -4.35. The fraction of sp³-hybridized carbons (Fsp3) is 0.474. The van der Waals surface area contributed by atoms with E-state index in [-0.39, 0.29) is 30.6 Å². The van der Waals surface area contributed by atoms with E-state index >= 15 is 0 Å². The van der Waals surface area contributed by atoms with Crippen LogP contribution in [0, 0.1) is 0 Å². The Balaban J connectivity index is 0.00000420. The smallest absolute Gasteiger partial charge is 0.416 e. The Morgan fingerprint density at radius 2 is 1.83 bits per heavy atom. The van der Waals surface area contributed by atoms with Gasteiger partial charge in [-0.2, -0.15) is 13.2 Å². The van der Waals surface area contributed by atoms with E-state index < -0.39 is 11.7 Å². The molecule has 0 aliphatic rings. The normalized spacial score (nSPS) is 11.7. The van der Waals surface area contributed by atoms with Gasteiger partial charge in [0.05, 0.1) is 17.8 Å². The highest BCUT2D eigenvalue weighted by atomic mass is 127. The van der Waals surface area contributed by atoms with Crippen LogP contribution in [-0.2, 0) is 25.6 Å². The molecule has 162 valence electrons. The van der Waals surface area contributed by atoms with Gasteiger partial charge < -0.3 is 19.9 Å². The van der Waals surface area contributed by atoms with E-state index in [1.165, 1.54) is 12.1 Å². The number of aromatic nitrogens is 1. The molecule has 2 rings (SSSR count). The molecule has 2 N–H and O–H groups in total. The SMILES string of the molecule is CCc1noc(CC)c1CNC(=NC)NCCOc1ccc(C(F)(F)F)cc1.I. The van der Waals surface area contributed by atoms with E-state index in [1.807, 2.05) is 13.8 Å². The number of ether oxygens (including phenoxy) is 1. The third kappa shape index (κ3) is 7.41. The molecule has 1 aromatic carbocycles. The fourth-order valence-corrected chi connectivity index (χ4v) is 2.61. The van der Waals surface area contributed by atoms with Crippen molar-refractivity contribution >= 4 is 29.9 Å². The van der Waals surface area contributed by atoms with Gasteiger partial charge in [0.2, 0.25) is 0 Å². The van der Waals surface area contributed by atoms with Gasteiger partial charge in [-0.25, -0.2) is 0 Å².